The van der Waals surface area contributed by atoms with E-state index in [9.17, 15) is 9.90 Å². The third-order valence-electron chi connectivity index (χ3n) is 5.01. The van der Waals surface area contributed by atoms with Crippen LogP contribution in [-0.2, 0) is 11.2 Å². The summed E-state index contributed by atoms with van der Waals surface area (Å²) in [5.41, 5.74) is 1.28. The fraction of sp³-hybridized carbons (Fsp3) is 0.765. The Morgan fingerprint density at radius 2 is 2.29 bits per heavy atom. The first kappa shape index (κ1) is 16.1. The molecule has 0 spiro atoms. The predicted octanol–water partition coefficient (Wildman–Crippen LogP) is 3.92. The first-order valence-corrected chi connectivity index (χ1v) is 8.09. The molecular weight excluding hydrogens is 264 g/mol. The molecule has 1 saturated carbocycles. The summed E-state index contributed by atoms with van der Waals surface area (Å²) in [5, 5.41) is 14.1. The van der Waals surface area contributed by atoms with Gasteiger partial charge < -0.3 is 5.11 Å². The van der Waals surface area contributed by atoms with Crippen LogP contribution in [0.5, 0.6) is 0 Å². The second-order valence-corrected chi connectivity index (χ2v) is 7.36. The standard InChI is InChI=1S/C17H28N2O2/c1-5-12(2)19-9-7-14(18-19)10-13-11-17(3,4)8-6-15(13)16(20)21/h7,9,12-13,15H,5-6,8,10-11H2,1-4H3,(H,20,21). The molecular formula is C17H28N2O2. The number of rotatable bonds is 5. The van der Waals surface area contributed by atoms with Gasteiger partial charge in [-0.2, -0.15) is 5.10 Å². The minimum absolute atomic E-state index is 0.200. The first-order chi connectivity index (χ1) is 9.82. The molecule has 118 valence electrons. The Kier molecular flexibility index (Phi) is 4.74. The lowest BCUT2D eigenvalue weighted by atomic mass is 9.66. The minimum atomic E-state index is -0.642. The summed E-state index contributed by atoms with van der Waals surface area (Å²) >= 11 is 0. The van der Waals surface area contributed by atoms with E-state index >= 15 is 0 Å². The predicted molar refractivity (Wildman–Crippen MR) is 83.2 cm³/mol. The Bertz CT molecular complexity index is 493. The Balaban J connectivity index is 2.10. The largest absolute Gasteiger partial charge is 0.481 e. The molecule has 1 aromatic rings. The molecule has 1 fully saturated rings. The summed E-state index contributed by atoms with van der Waals surface area (Å²) in [5.74, 6) is -0.657. The highest BCUT2D eigenvalue weighted by Gasteiger charge is 2.38. The van der Waals surface area contributed by atoms with Crippen LogP contribution in [0, 0.1) is 17.3 Å². The third kappa shape index (κ3) is 3.86. The van der Waals surface area contributed by atoms with Gasteiger partial charge in [-0.15, -0.1) is 0 Å². The van der Waals surface area contributed by atoms with E-state index in [-0.39, 0.29) is 17.3 Å². The van der Waals surface area contributed by atoms with Crippen LogP contribution >= 0.6 is 0 Å². The molecule has 1 aromatic heterocycles. The van der Waals surface area contributed by atoms with Crippen molar-refractivity contribution in [3.05, 3.63) is 18.0 Å². The SMILES string of the molecule is CCC(C)n1ccc(CC2CC(C)(C)CCC2C(=O)O)n1. The second-order valence-electron chi connectivity index (χ2n) is 7.36. The lowest BCUT2D eigenvalue weighted by molar-refractivity contribution is -0.146. The maximum Gasteiger partial charge on any atom is 0.306 e. The molecule has 1 heterocycles. The summed E-state index contributed by atoms with van der Waals surface area (Å²) in [6.07, 6.45) is 6.62. The van der Waals surface area contributed by atoms with Crippen LogP contribution < -0.4 is 0 Å². The Hall–Kier alpha value is -1.32. The zero-order valence-corrected chi connectivity index (χ0v) is 13.7. The van der Waals surface area contributed by atoms with Crippen molar-refractivity contribution in [2.45, 2.75) is 65.8 Å². The maximum atomic E-state index is 11.5. The average Bonchev–Trinajstić information content (AvgIpc) is 2.85. The van der Waals surface area contributed by atoms with E-state index in [1.807, 2.05) is 16.9 Å². The van der Waals surface area contributed by atoms with Gasteiger partial charge in [0, 0.05) is 12.2 Å². The van der Waals surface area contributed by atoms with Gasteiger partial charge in [-0.3, -0.25) is 9.48 Å². The molecule has 1 aliphatic rings. The molecule has 4 nitrogen and oxygen atoms in total. The van der Waals surface area contributed by atoms with Crippen LogP contribution in [0.3, 0.4) is 0 Å². The van der Waals surface area contributed by atoms with E-state index in [4.69, 9.17) is 0 Å². The van der Waals surface area contributed by atoms with E-state index in [0.717, 1.165) is 37.8 Å². The molecule has 3 atom stereocenters. The quantitative estimate of drug-likeness (QED) is 0.894. The van der Waals surface area contributed by atoms with Crippen LogP contribution in [0.15, 0.2) is 12.3 Å². The number of hydrogen-bond donors (Lipinski definition) is 1. The Morgan fingerprint density at radius 3 is 2.90 bits per heavy atom. The summed E-state index contributed by atoms with van der Waals surface area (Å²) in [4.78, 5) is 11.5. The molecule has 1 aliphatic carbocycles. The van der Waals surface area contributed by atoms with Crippen LogP contribution in [0.4, 0.5) is 0 Å². The van der Waals surface area contributed by atoms with Crippen molar-refractivity contribution in [1.82, 2.24) is 9.78 Å². The van der Waals surface area contributed by atoms with Crippen LogP contribution in [-0.4, -0.2) is 20.9 Å². The zero-order valence-electron chi connectivity index (χ0n) is 13.7. The van der Waals surface area contributed by atoms with Crippen molar-refractivity contribution < 1.29 is 9.90 Å². The summed E-state index contributed by atoms with van der Waals surface area (Å²) < 4.78 is 2.00. The highest BCUT2D eigenvalue weighted by Crippen LogP contribution is 2.43. The van der Waals surface area contributed by atoms with Gasteiger partial charge in [0.25, 0.3) is 0 Å². The van der Waals surface area contributed by atoms with Crippen molar-refractivity contribution in [3.8, 4) is 0 Å². The number of carbonyl (C=O) groups is 1. The molecule has 2 rings (SSSR count). The fourth-order valence-electron chi connectivity index (χ4n) is 3.46. The molecule has 0 aromatic carbocycles. The lowest BCUT2D eigenvalue weighted by Crippen LogP contribution is -2.35. The molecule has 1 N–H and O–H groups in total. The van der Waals surface area contributed by atoms with E-state index < -0.39 is 5.97 Å². The maximum absolute atomic E-state index is 11.5. The van der Waals surface area contributed by atoms with Crippen molar-refractivity contribution in [2.24, 2.45) is 17.3 Å². The molecule has 0 saturated heterocycles. The number of carboxylic acids is 1. The Morgan fingerprint density at radius 1 is 1.57 bits per heavy atom. The summed E-state index contributed by atoms with van der Waals surface area (Å²) in [6.45, 7) is 8.79. The van der Waals surface area contributed by atoms with E-state index in [0.29, 0.717) is 6.04 Å². The van der Waals surface area contributed by atoms with Gasteiger partial charge in [0.15, 0.2) is 0 Å². The van der Waals surface area contributed by atoms with Gasteiger partial charge >= 0.3 is 5.97 Å². The van der Waals surface area contributed by atoms with Crippen molar-refractivity contribution in [2.75, 3.05) is 0 Å². The number of aliphatic carboxylic acids is 1. The normalized spacial score (nSPS) is 26.5. The number of carboxylic acid groups (broad SMARTS) is 1. The Labute approximate surface area is 127 Å². The van der Waals surface area contributed by atoms with Crippen LogP contribution in [0.1, 0.15) is 65.1 Å². The van der Waals surface area contributed by atoms with Gasteiger partial charge in [-0.05, 0) is 56.4 Å². The van der Waals surface area contributed by atoms with Crippen molar-refractivity contribution in [1.29, 1.82) is 0 Å². The van der Waals surface area contributed by atoms with E-state index in [1.54, 1.807) is 0 Å². The summed E-state index contributed by atoms with van der Waals surface area (Å²) in [6, 6.07) is 2.45. The molecule has 0 amide bonds. The highest BCUT2D eigenvalue weighted by molar-refractivity contribution is 5.70. The van der Waals surface area contributed by atoms with Gasteiger partial charge in [0.2, 0.25) is 0 Å². The highest BCUT2D eigenvalue weighted by atomic mass is 16.4. The molecule has 3 unspecified atom stereocenters. The zero-order chi connectivity index (χ0) is 15.6. The van der Waals surface area contributed by atoms with Crippen LogP contribution in [0.2, 0.25) is 0 Å². The van der Waals surface area contributed by atoms with Gasteiger partial charge in [-0.1, -0.05) is 20.8 Å². The topological polar surface area (TPSA) is 55.1 Å². The van der Waals surface area contributed by atoms with Crippen molar-refractivity contribution in [3.63, 3.8) is 0 Å². The smallest absolute Gasteiger partial charge is 0.306 e. The van der Waals surface area contributed by atoms with Crippen LogP contribution in [0.25, 0.3) is 0 Å². The number of nitrogens with zero attached hydrogens (tertiary/aromatic N) is 2. The second kappa shape index (κ2) is 6.20. The molecule has 4 heteroatoms. The average molecular weight is 292 g/mol. The van der Waals surface area contributed by atoms with E-state index in [1.165, 1.54) is 0 Å². The monoisotopic (exact) mass is 292 g/mol. The minimum Gasteiger partial charge on any atom is -0.481 e. The first-order valence-electron chi connectivity index (χ1n) is 8.09. The number of aromatic nitrogens is 2. The fourth-order valence-corrected chi connectivity index (χ4v) is 3.46. The molecule has 21 heavy (non-hydrogen) atoms. The molecule has 0 radical (unpaired) electrons. The lowest BCUT2D eigenvalue weighted by Gasteiger charge is -2.38. The molecule has 0 bridgehead atoms. The van der Waals surface area contributed by atoms with Gasteiger partial charge in [-0.25, -0.2) is 0 Å². The van der Waals surface area contributed by atoms with E-state index in [2.05, 4.69) is 32.8 Å². The number of hydrogen-bond acceptors (Lipinski definition) is 2. The van der Waals surface area contributed by atoms with Gasteiger partial charge in [0.1, 0.15) is 0 Å². The van der Waals surface area contributed by atoms with Gasteiger partial charge in [0.05, 0.1) is 11.6 Å². The summed E-state index contributed by atoms with van der Waals surface area (Å²) in [7, 11) is 0. The van der Waals surface area contributed by atoms with Crippen molar-refractivity contribution >= 4 is 5.97 Å². The molecule has 0 aliphatic heterocycles. The third-order valence-corrected chi connectivity index (χ3v) is 5.01.